The van der Waals surface area contributed by atoms with E-state index in [0.29, 0.717) is 0 Å². The maximum atomic E-state index is 13.6. The number of benzene rings is 1. The molecular formula is C12H17Cl2F2NO. The van der Waals surface area contributed by atoms with E-state index in [4.69, 9.17) is 17.3 Å². The largest absolute Gasteiger partial charge is 0.391 e. The van der Waals surface area contributed by atoms with Crippen LogP contribution in [0.25, 0.3) is 0 Å². The van der Waals surface area contributed by atoms with Gasteiger partial charge in [-0.15, -0.1) is 12.4 Å². The lowest BCUT2D eigenvalue weighted by molar-refractivity contribution is 0.0391. The molecule has 1 rings (SSSR count). The van der Waals surface area contributed by atoms with Gasteiger partial charge in [-0.2, -0.15) is 0 Å². The molecule has 0 heterocycles. The van der Waals surface area contributed by atoms with Crippen LogP contribution in [0.4, 0.5) is 8.78 Å². The lowest BCUT2D eigenvalue weighted by atomic mass is 9.82. The van der Waals surface area contributed by atoms with Crippen LogP contribution < -0.4 is 5.73 Å². The topological polar surface area (TPSA) is 46.2 Å². The van der Waals surface area contributed by atoms with Gasteiger partial charge in [0.25, 0.3) is 0 Å². The number of aliphatic hydroxyl groups is 1. The first-order chi connectivity index (χ1) is 7.66. The third-order valence-corrected chi connectivity index (χ3v) is 3.02. The zero-order valence-electron chi connectivity index (χ0n) is 10.4. The summed E-state index contributed by atoms with van der Waals surface area (Å²) in [4.78, 5) is 0. The summed E-state index contributed by atoms with van der Waals surface area (Å²) in [6, 6.07) is 0.807. The van der Waals surface area contributed by atoms with E-state index in [1.165, 1.54) is 0 Å². The molecule has 0 fully saturated rings. The van der Waals surface area contributed by atoms with Crippen molar-refractivity contribution in [1.29, 1.82) is 0 Å². The van der Waals surface area contributed by atoms with E-state index >= 15 is 0 Å². The van der Waals surface area contributed by atoms with Crippen molar-refractivity contribution >= 4 is 24.0 Å². The highest BCUT2D eigenvalue weighted by Crippen LogP contribution is 2.34. The lowest BCUT2D eigenvalue weighted by Crippen LogP contribution is -2.37. The van der Waals surface area contributed by atoms with Crippen molar-refractivity contribution in [1.82, 2.24) is 0 Å². The Hall–Kier alpha value is -0.420. The molecule has 0 bridgehead atoms. The van der Waals surface area contributed by atoms with Gasteiger partial charge in [0.05, 0.1) is 17.2 Å². The summed E-state index contributed by atoms with van der Waals surface area (Å²) in [5.74, 6) is -1.47. The van der Waals surface area contributed by atoms with Gasteiger partial charge in [-0.3, -0.25) is 0 Å². The molecule has 104 valence electrons. The van der Waals surface area contributed by atoms with E-state index in [1.54, 1.807) is 20.8 Å². The standard InChI is InChI=1S/C12H16ClF2NO.ClH/c1-12(2,3)11(17)10(16)8-6(14)4-5-7(15)9(8)13;/h4-5,10-11,17H,16H2,1-3H3;1H/t10-,11-;/m0./s1. The second-order valence-corrected chi connectivity index (χ2v) is 5.47. The zero-order valence-corrected chi connectivity index (χ0v) is 11.9. The molecular weight excluding hydrogens is 283 g/mol. The van der Waals surface area contributed by atoms with Crippen molar-refractivity contribution < 1.29 is 13.9 Å². The first kappa shape index (κ1) is 17.6. The van der Waals surface area contributed by atoms with E-state index < -0.39 is 29.2 Å². The van der Waals surface area contributed by atoms with E-state index in [1.807, 2.05) is 0 Å². The fraction of sp³-hybridized carbons (Fsp3) is 0.500. The number of nitrogens with two attached hydrogens (primary N) is 1. The average molecular weight is 300 g/mol. The van der Waals surface area contributed by atoms with E-state index in [2.05, 4.69) is 0 Å². The summed E-state index contributed by atoms with van der Waals surface area (Å²) in [7, 11) is 0. The molecule has 3 N–H and O–H groups in total. The predicted octanol–water partition coefficient (Wildman–Crippen LogP) is 3.45. The zero-order chi connectivity index (χ0) is 13.4. The van der Waals surface area contributed by atoms with Crippen LogP contribution in [0.5, 0.6) is 0 Å². The molecule has 18 heavy (non-hydrogen) atoms. The molecule has 0 aliphatic rings. The Morgan fingerprint density at radius 3 is 2.11 bits per heavy atom. The predicted molar refractivity (Wildman–Crippen MR) is 71.0 cm³/mol. The first-order valence-electron chi connectivity index (χ1n) is 5.23. The van der Waals surface area contributed by atoms with Crippen LogP contribution in [0.15, 0.2) is 12.1 Å². The van der Waals surface area contributed by atoms with Crippen LogP contribution >= 0.6 is 24.0 Å². The number of hydrogen-bond acceptors (Lipinski definition) is 2. The van der Waals surface area contributed by atoms with Gasteiger partial charge >= 0.3 is 0 Å². The minimum absolute atomic E-state index is 0. The Morgan fingerprint density at radius 1 is 1.22 bits per heavy atom. The summed E-state index contributed by atoms with van der Waals surface area (Å²) in [5.41, 5.74) is 5.01. The summed E-state index contributed by atoms with van der Waals surface area (Å²) in [6.45, 7) is 5.26. The molecule has 1 aromatic rings. The Labute approximate surface area is 117 Å². The quantitative estimate of drug-likeness (QED) is 0.822. The molecule has 0 unspecified atom stereocenters. The molecule has 0 radical (unpaired) electrons. The lowest BCUT2D eigenvalue weighted by Gasteiger charge is -2.31. The molecule has 0 saturated heterocycles. The van der Waals surface area contributed by atoms with Gasteiger partial charge in [0, 0.05) is 5.56 Å². The number of rotatable bonds is 2. The van der Waals surface area contributed by atoms with Gasteiger partial charge in [0.2, 0.25) is 0 Å². The molecule has 0 saturated carbocycles. The Balaban J connectivity index is 0.00000289. The Morgan fingerprint density at radius 2 is 1.67 bits per heavy atom. The molecule has 0 amide bonds. The van der Waals surface area contributed by atoms with Gasteiger partial charge in [0.1, 0.15) is 11.6 Å². The monoisotopic (exact) mass is 299 g/mol. The summed E-state index contributed by atoms with van der Waals surface area (Å²) in [6.07, 6.45) is -1.03. The summed E-state index contributed by atoms with van der Waals surface area (Å²) in [5, 5.41) is 9.60. The SMILES string of the molecule is CC(C)(C)[C@@H](O)[C@@H](N)c1c(F)ccc(F)c1Cl.Cl. The fourth-order valence-corrected chi connectivity index (χ4v) is 1.82. The van der Waals surface area contributed by atoms with Crippen molar-refractivity contribution in [3.05, 3.63) is 34.4 Å². The van der Waals surface area contributed by atoms with E-state index in [0.717, 1.165) is 12.1 Å². The molecule has 6 heteroatoms. The number of hydrogen-bond donors (Lipinski definition) is 2. The van der Waals surface area contributed by atoms with Crippen molar-refractivity contribution in [3.63, 3.8) is 0 Å². The van der Waals surface area contributed by atoms with Gasteiger partial charge < -0.3 is 10.8 Å². The minimum Gasteiger partial charge on any atom is -0.391 e. The minimum atomic E-state index is -1.07. The Kier molecular flexibility index (Phi) is 6.01. The smallest absolute Gasteiger partial charge is 0.142 e. The second kappa shape index (κ2) is 6.15. The van der Waals surface area contributed by atoms with Gasteiger partial charge in [-0.25, -0.2) is 8.78 Å². The summed E-state index contributed by atoms with van der Waals surface area (Å²) >= 11 is 5.68. The highest BCUT2D eigenvalue weighted by atomic mass is 35.5. The normalized spacial score (nSPS) is 14.9. The van der Waals surface area contributed by atoms with Crippen LogP contribution in [0.3, 0.4) is 0 Å². The van der Waals surface area contributed by atoms with Gasteiger partial charge in [-0.05, 0) is 17.5 Å². The molecule has 0 aromatic heterocycles. The van der Waals surface area contributed by atoms with E-state index in [9.17, 15) is 13.9 Å². The number of halogens is 4. The van der Waals surface area contributed by atoms with Crippen molar-refractivity contribution in [2.75, 3.05) is 0 Å². The molecule has 2 nitrogen and oxygen atoms in total. The average Bonchev–Trinajstić information content (AvgIpc) is 2.21. The third-order valence-electron chi connectivity index (χ3n) is 2.64. The summed E-state index contributed by atoms with van der Waals surface area (Å²) < 4.78 is 26.8. The van der Waals surface area contributed by atoms with E-state index in [-0.39, 0.29) is 23.0 Å². The fourth-order valence-electron chi connectivity index (χ4n) is 1.54. The molecule has 0 aliphatic carbocycles. The van der Waals surface area contributed by atoms with Crippen LogP contribution in [0, 0.1) is 17.0 Å². The van der Waals surface area contributed by atoms with Gasteiger partial charge in [-0.1, -0.05) is 32.4 Å². The maximum absolute atomic E-state index is 13.6. The van der Waals surface area contributed by atoms with Crippen molar-refractivity contribution in [2.24, 2.45) is 11.1 Å². The van der Waals surface area contributed by atoms with Crippen LogP contribution in [-0.2, 0) is 0 Å². The van der Waals surface area contributed by atoms with Crippen LogP contribution in [0.2, 0.25) is 5.02 Å². The van der Waals surface area contributed by atoms with Crippen LogP contribution in [-0.4, -0.2) is 11.2 Å². The molecule has 1 aromatic carbocycles. The highest BCUT2D eigenvalue weighted by molar-refractivity contribution is 6.31. The molecule has 0 spiro atoms. The maximum Gasteiger partial charge on any atom is 0.142 e. The van der Waals surface area contributed by atoms with Crippen molar-refractivity contribution in [3.8, 4) is 0 Å². The highest BCUT2D eigenvalue weighted by Gasteiger charge is 2.32. The second-order valence-electron chi connectivity index (χ2n) is 5.09. The Bertz CT molecular complexity index is 421. The van der Waals surface area contributed by atoms with Crippen molar-refractivity contribution in [2.45, 2.75) is 32.9 Å². The third kappa shape index (κ3) is 3.54. The van der Waals surface area contributed by atoms with Gasteiger partial charge in [0.15, 0.2) is 0 Å². The molecule has 0 aliphatic heterocycles. The molecule has 2 atom stereocenters. The first-order valence-corrected chi connectivity index (χ1v) is 5.61. The van der Waals surface area contributed by atoms with Crippen LogP contribution in [0.1, 0.15) is 32.4 Å². The number of aliphatic hydroxyl groups excluding tert-OH is 1.